The molecule has 0 amide bonds. The molecule has 3 heterocycles. The highest BCUT2D eigenvalue weighted by molar-refractivity contribution is 5.24. The molecule has 0 radical (unpaired) electrons. The van der Waals surface area contributed by atoms with Crippen LogP contribution < -0.4 is 5.73 Å². The Morgan fingerprint density at radius 3 is 2.74 bits per heavy atom. The molecule has 2 N–H and O–H groups in total. The highest BCUT2D eigenvalue weighted by Crippen LogP contribution is 2.06. The molecule has 94 valence electrons. The van der Waals surface area contributed by atoms with Gasteiger partial charge in [0.25, 0.3) is 5.95 Å². The van der Waals surface area contributed by atoms with E-state index in [2.05, 4.69) is 25.0 Å². The van der Waals surface area contributed by atoms with E-state index < -0.39 is 0 Å². The predicted molar refractivity (Wildman–Crippen MR) is 68.4 cm³/mol. The fourth-order valence-electron chi connectivity index (χ4n) is 1.66. The van der Waals surface area contributed by atoms with Gasteiger partial charge < -0.3 is 5.73 Å². The molecule has 19 heavy (non-hydrogen) atoms. The molecular weight excluding hydrogens is 242 g/mol. The molecule has 0 saturated heterocycles. The largest absolute Gasteiger partial charge is 0.368 e. The summed E-state index contributed by atoms with van der Waals surface area (Å²) in [7, 11) is 0. The van der Waals surface area contributed by atoms with Gasteiger partial charge in [-0.2, -0.15) is 20.1 Å². The Labute approximate surface area is 109 Å². The molecule has 3 rings (SSSR count). The van der Waals surface area contributed by atoms with Crippen molar-refractivity contribution >= 4 is 5.95 Å². The molecule has 0 saturated carbocycles. The van der Waals surface area contributed by atoms with Gasteiger partial charge in [-0.15, -0.1) is 0 Å². The number of nitrogens with two attached hydrogens (primary N) is 1. The molecule has 3 aromatic rings. The van der Waals surface area contributed by atoms with Crippen LogP contribution in [0, 0.1) is 0 Å². The van der Waals surface area contributed by atoms with Crippen molar-refractivity contribution in [2.24, 2.45) is 0 Å². The normalized spacial score (nSPS) is 10.5. The van der Waals surface area contributed by atoms with E-state index in [0.717, 1.165) is 5.69 Å². The van der Waals surface area contributed by atoms with E-state index in [-0.39, 0.29) is 5.95 Å². The van der Waals surface area contributed by atoms with Gasteiger partial charge in [0.1, 0.15) is 5.82 Å². The van der Waals surface area contributed by atoms with Crippen molar-refractivity contribution < 1.29 is 0 Å². The van der Waals surface area contributed by atoms with Gasteiger partial charge in [-0.25, -0.2) is 4.68 Å². The molecule has 7 heteroatoms. The molecule has 0 bridgehead atoms. The third kappa shape index (κ3) is 2.54. The van der Waals surface area contributed by atoms with Crippen molar-refractivity contribution in [2.75, 3.05) is 5.73 Å². The summed E-state index contributed by atoms with van der Waals surface area (Å²) < 4.78 is 1.54. The van der Waals surface area contributed by atoms with Gasteiger partial charge >= 0.3 is 0 Å². The number of anilines is 1. The maximum absolute atomic E-state index is 5.70. The lowest BCUT2D eigenvalue weighted by Crippen LogP contribution is -2.10. The van der Waals surface area contributed by atoms with Crippen molar-refractivity contribution in [3.8, 4) is 5.95 Å². The third-order valence-corrected chi connectivity index (χ3v) is 2.46. The highest BCUT2D eigenvalue weighted by Gasteiger charge is 2.07. The average molecular weight is 253 g/mol. The van der Waals surface area contributed by atoms with Gasteiger partial charge in [0.05, 0.1) is 6.42 Å². The van der Waals surface area contributed by atoms with Crippen LogP contribution in [0.5, 0.6) is 0 Å². The number of hydrogen-bond acceptors (Lipinski definition) is 6. The predicted octanol–water partition coefficient (Wildman–Crippen LogP) is 0.625. The maximum Gasteiger partial charge on any atom is 0.255 e. The fraction of sp³-hybridized carbons (Fsp3) is 0.0833. The molecule has 0 aliphatic carbocycles. The first-order valence-electron chi connectivity index (χ1n) is 5.71. The van der Waals surface area contributed by atoms with Crippen LogP contribution in [0.15, 0.2) is 42.9 Å². The number of nitrogens with zero attached hydrogens (tertiary/aromatic N) is 6. The van der Waals surface area contributed by atoms with Crippen molar-refractivity contribution in [3.63, 3.8) is 0 Å². The Morgan fingerprint density at radius 1 is 1.05 bits per heavy atom. The summed E-state index contributed by atoms with van der Waals surface area (Å²) in [6.07, 6.45) is 5.63. The fourth-order valence-corrected chi connectivity index (χ4v) is 1.66. The minimum absolute atomic E-state index is 0.173. The van der Waals surface area contributed by atoms with Crippen LogP contribution in [0.4, 0.5) is 5.95 Å². The van der Waals surface area contributed by atoms with Crippen molar-refractivity contribution in [3.05, 3.63) is 54.4 Å². The zero-order chi connectivity index (χ0) is 13.1. The van der Waals surface area contributed by atoms with Crippen LogP contribution in [0.3, 0.4) is 0 Å². The van der Waals surface area contributed by atoms with E-state index in [4.69, 9.17) is 5.73 Å². The number of rotatable bonds is 3. The van der Waals surface area contributed by atoms with E-state index in [9.17, 15) is 0 Å². The summed E-state index contributed by atoms with van der Waals surface area (Å²) in [6.45, 7) is 0. The number of hydrogen-bond donors (Lipinski definition) is 1. The first-order chi connectivity index (χ1) is 9.31. The lowest BCUT2D eigenvalue weighted by molar-refractivity contribution is 0.774. The summed E-state index contributed by atoms with van der Waals surface area (Å²) in [6, 6.07) is 7.48. The van der Waals surface area contributed by atoms with E-state index in [1.54, 1.807) is 29.3 Å². The summed E-state index contributed by atoms with van der Waals surface area (Å²) in [5.41, 5.74) is 6.57. The second kappa shape index (κ2) is 4.81. The van der Waals surface area contributed by atoms with Crippen molar-refractivity contribution in [2.45, 2.75) is 6.42 Å². The average Bonchev–Trinajstić information content (AvgIpc) is 2.93. The van der Waals surface area contributed by atoms with Crippen LogP contribution in [-0.4, -0.2) is 29.7 Å². The van der Waals surface area contributed by atoms with Crippen molar-refractivity contribution in [1.82, 2.24) is 29.7 Å². The zero-order valence-corrected chi connectivity index (χ0v) is 10.0. The molecule has 0 spiro atoms. The van der Waals surface area contributed by atoms with Gasteiger partial charge in [-0.3, -0.25) is 4.98 Å². The van der Waals surface area contributed by atoms with Gasteiger partial charge in [0, 0.05) is 24.3 Å². The summed E-state index contributed by atoms with van der Waals surface area (Å²) in [5.74, 6) is 1.14. The van der Waals surface area contributed by atoms with Crippen LogP contribution in [0.25, 0.3) is 5.95 Å². The van der Waals surface area contributed by atoms with Crippen LogP contribution >= 0.6 is 0 Å². The summed E-state index contributed by atoms with van der Waals surface area (Å²) in [5, 5.41) is 4.07. The maximum atomic E-state index is 5.70. The minimum atomic E-state index is 0.173. The number of pyridine rings is 1. The lowest BCUT2D eigenvalue weighted by atomic mass is 10.2. The SMILES string of the molecule is Nc1nc(Cc2ccccn2)nc(-n2cccn2)n1. The van der Waals surface area contributed by atoms with Crippen LogP contribution in [0.1, 0.15) is 11.5 Å². The Kier molecular flexibility index (Phi) is 2.85. The lowest BCUT2D eigenvalue weighted by Gasteiger charge is -2.04. The third-order valence-electron chi connectivity index (χ3n) is 2.46. The molecule has 3 aromatic heterocycles. The molecule has 0 aliphatic rings. The monoisotopic (exact) mass is 253 g/mol. The Morgan fingerprint density at radius 2 is 2.00 bits per heavy atom. The molecule has 0 atom stereocenters. The summed E-state index contributed by atoms with van der Waals surface area (Å²) >= 11 is 0. The van der Waals surface area contributed by atoms with E-state index in [1.807, 2.05) is 18.2 Å². The topological polar surface area (TPSA) is 95.4 Å². The number of aromatic nitrogens is 6. The molecule has 0 unspecified atom stereocenters. The second-order valence-electron chi connectivity index (χ2n) is 3.86. The highest BCUT2D eigenvalue weighted by atomic mass is 15.4. The Bertz CT molecular complexity index is 664. The van der Waals surface area contributed by atoms with Crippen LogP contribution in [-0.2, 0) is 6.42 Å². The first kappa shape index (κ1) is 11.3. The van der Waals surface area contributed by atoms with E-state index >= 15 is 0 Å². The second-order valence-corrected chi connectivity index (χ2v) is 3.86. The molecule has 7 nitrogen and oxygen atoms in total. The van der Waals surface area contributed by atoms with Gasteiger partial charge in [-0.05, 0) is 18.2 Å². The van der Waals surface area contributed by atoms with Crippen LogP contribution in [0.2, 0.25) is 0 Å². The molecular formula is C12H11N7. The summed E-state index contributed by atoms with van der Waals surface area (Å²) in [4.78, 5) is 16.7. The number of nitrogen functional groups attached to an aromatic ring is 1. The van der Waals surface area contributed by atoms with Crippen molar-refractivity contribution in [1.29, 1.82) is 0 Å². The Hall–Kier alpha value is -2.83. The van der Waals surface area contributed by atoms with Gasteiger partial charge in [0.15, 0.2) is 0 Å². The molecule has 0 fully saturated rings. The van der Waals surface area contributed by atoms with E-state index in [1.165, 1.54) is 0 Å². The Balaban J connectivity index is 1.94. The standard InChI is InChI=1S/C12H11N7/c13-11-16-10(8-9-4-1-2-5-14-9)17-12(18-11)19-7-3-6-15-19/h1-7H,8H2,(H2,13,16,17,18). The molecule has 0 aromatic carbocycles. The quantitative estimate of drug-likeness (QED) is 0.735. The molecule has 0 aliphatic heterocycles. The van der Waals surface area contributed by atoms with E-state index in [0.29, 0.717) is 18.2 Å². The smallest absolute Gasteiger partial charge is 0.255 e. The van der Waals surface area contributed by atoms with Gasteiger partial charge in [-0.1, -0.05) is 6.07 Å². The van der Waals surface area contributed by atoms with Gasteiger partial charge in [0.2, 0.25) is 5.95 Å². The first-order valence-corrected chi connectivity index (χ1v) is 5.71. The zero-order valence-electron chi connectivity index (χ0n) is 10.0. The minimum Gasteiger partial charge on any atom is -0.368 e.